The van der Waals surface area contributed by atoms with E-state index in [1.165, 1.54) is 11.8 Å². The predicted molar refractivity (Wildman–Crippen MR) is 141 cm³/mol. The summed E-state index contributed by atoms with van der Waals surface area (Å²) in [6, 6.07) is 20.9. The third-order valence-corrected chi connectivity index (χ3v) is 6.66. The molecule has 1 heterocycles. The van der Waals surface area contributed by atoms with Gasteiger partial charge in [-0.1, -0.05) is 35.9 Å². The standard InChI is InChI=1S/C27H26ClN3O2S/c1-18-13-19(2)15-22(14-18)30-26(32)17-34-25-16-31(24-6-4-3-5-23(24)25)12-11-29-27(33)20-7-9-21(28)10-8-20/h3-10,13-16H,11-12,17H2,1-2H3,(H,29,33)(H,30,32). The number of nitrogens with zero attached hydrogens (tertiary/aromatic N) is 1. The molecule has 0 aliphatic carbocycles. The van der Waals surface area contributed by atoms with Gasteiger partial charge in [0.2, 0.25) is 5.91 Å². The second-order valence-electron chi connectivity index (χ2n) is 8.18. The molecule has 174 valence electrons. The van der Waals surface area contributed by atoms with E-state index in [9.17, 15) is 9.59 Å². The van der Waals surface area contributed by atoms with E-state index in [4.69, 9.17) is 11.6 Å². The van der Waals surface area contributed by atoms with Crippen LogP contribution in [0.1, 0.15) is 21.5 Å². The van der Waals surface area contributed by atoms with Crippen LogP contribution in [0.25, 0.3) is 10.9 Å². The van der Waals surface area contributed by atoms with Crippen LogP contribution in [0.4, 0.5) is 5.69 Å². The number of aryl methyl sites for hydroxylation is 2. The van der Waals surface area contributed by atoms with Gasteiger partial charge in [-0.15, -0.1) is 11.8 Å². The van der Waals surface area contributed by atoms with Gasteiger partial charge in [-0.05, 0) is 67.4 Å². The van der Waals surface area contributed by atoms with Gasteiger partial charge in [0.05, 0.1) is 5.75 Å². The molecule has 0 aliphatic rings. The Hall–Kier alpha value is -3.22. The molecule has 0 unspecified atom stereocenters. The summed E-state index contributed by atoms with van der Waals surface area (Å²) in [5.41, 5.74) is 4.71. The lowest BCUT2D eigenvalue weighted by atomic mass is 10.1. The van der Waals surface area contributed by atoms with E-state index in [-0.39, 0.29) is 11.8 Å². The van der Waals surface area contributed by atoms with Crippen molar-refractivity contribution in [1.82, 2.24) is 9.88 Å². The normalized spacial score (nSPS) is 10.9. The van der Waals surface area contributed by atoms with Crippen LogP contribution < -0.4 is 10.6 Å². The van der Waals surface area contributed by atoms with E-state index in [0.717, 1.165) is 32.6 Å². The van der Waals surface area contributed by atoms with Gasteiger partial charge < -0.3 is 15.2 Å². The number of fused-ring (bicyclic) bond motifs is 1. The summed E-state index contributed by atoms with van der Waals surface area (Å²) >= 11 is 7.41. The first-order chi connectivity index (χ1) is 16.4. The van der Waals surface area contributed by atoms with Crippen molar-refractivity contribution in [2.45, 2.75) is 25.3 Å². The molecular weight excluding hydrogens is 466 g/mol. The zero-order chi connectivity index (χ0) is 24.1. The number of amides is 2. The average molecular weight is 492 g/mol. The minimum atomic E-state index is -0.134. The van der Waals surface area contributed by atoms with E-state index in [0.29, 0.717) is 29.4 Å². The molecule has 7 heteroatoms. The Labute approximate surface area is 208 Å². The number of benzene rings is 3. The van der Waals surface area contributed by atoms with Crippen LogP contribution in [-0.4, -0.2) is 28.7 Å². The summed E-state index contributed by atoms with van der Waals surface area (Å²) in [6.07, 6.45) is 2.05. The van der Waals surface area contributed by atoms with Crippen LogP contribution in [0.2, 0.25) is 5.02 Å². The zero-order valence-corrected chi connectivity index (χ0v) is 20.7. The molecule has 5 nitrogen and oxygen atoms in total. The summed E-state index contributed by atoms with van der Waals surface area (Å²) < 4.78 is 2.11. The highest BCUT2D eigenvalue weighted by Crippen LogP contribution is 2.30. The molecular formula is C27H26ClN3O2S. The molecule has 0 radical (unpaired) electrons. The van der Waals surface area contributed by atoms with Crippen LogP contribution in [0.3, 0.4) is 0 Å². The van der Waals surface area contributed by atoms with Gasteiger partial charge in [0.1, 0.15) is 0 Å². The molecule has 0 atom stereocenters. The monoisotopic (exact) mass is 491 g/mol. The van der Waals surface area contributed by atoms with E-state index >= 15 is 0 Å². The number of anilines is 1. The number of hydrogen-bond acceptors (Lipinski definition) is 3. The van der Waals surface area contributed by atoms with Crippen molar-refractivity contribution < 1.29 is 9.59 Å². The number of para-hydroxylation sites is 1. The van der Waals surface area contributed by atoms with E-state index < -0.39 is 0 Å². The van der Waals surface area contributed by atoms with Crippen molar-refractivity contribution in [2.24, 2.45) is 0 Å². The molecule has 0 aliphatic heterocycles. The Morgan fingerprint density at radius 2 is 1.68 bits per heavy atom. The number of rotatable bonds is 8. The molecule has 2 amide bonds. The molecule has 0 saturated heterocycles. The number of nitrogens with one attached hydrogen (secondary N) is 2. The maximum Gasteiger partial charge on any atom is 0.251 e. The summed E-state index contributed by atoms with van der Waals surface area (Å²) in [4.78, 5) is 26.0. The van der Waals surface area contributed by atoms with Crippen molar-refractivity contribution in [3.05, 3.63) is 94.6 Å². The number of halogens is 1. The molecule has 3 aromatic carbocycles. The lowest BCUT2D eigenvalue weighted by Gasteiger charge is -2.08. The number of aromatic nitrogens is 1. The van der Waals surface area contributed by atoms with Crippen LogP contribution in [0.15, 0.2) is 77.8 Å². The number of carbonyl (C=O) groups is 2. The summed E-state index contributed by atoms with van der Waals surface area (Å²) in [5.74, 6) is 0.140. The Morgan fingerprint density at radius 1 is 0.971 bits per heavy atom. The van der Waals surface area contributed by atoms with Crippen molar-refractivity contribution in [3.63, 3.8) is 0 Å². The van der Waals surface area contributed by atoms with Crippen molar-refractivity contribution in [3.8, 4) is 0 Å². The highest BCUT2D eigenvalue weighted by Gasteiger charge is 2.12. The van der Waals surface area contributed by atoms with Gasteiger partial charge in [0.25, 0.3) is 5.91 Å². The topological polar surface area (TPSA) is 63.1 Å². The molecule has 0 spiro atoms. The smallest absolute Gasteiger partial charge is 0.251 e. The average Bonchev–Trinajstić information content (AvgIpc) is 3.15. The first-order valence-electron chi connectivity index (χ1n) is 11.0. The first kappa shape index (κ1) is 23.9. The fraction of sp³-hybridized carbons (Fsp3) is 0.185. The van der Waals surface area contributed by atoms with E-state index in [1.807, 2.05) is 44.3 Å². The Bertz CT molecular complexity index is 1310. The van der Waals surface area contributed by atoms with Gasteiger partial charge >= 0.3 is 0 Å². The molecule has 0 saturated carbocycles. The lowest BCUT2D eigenvalue weighted by Crippen LogP contribution is -2.27. The number of thioether (sulfide) groups is 1. The van der Waals surface area contributed by atoms with Crippen LogP contribution in [0, 0.1) is 13.8 Å². The fourth-order valence-electron chi connectivity index (χ4n) is 3.89. The van der Waals surface area contributed by atoms with Gasteiger partial charge in [-0.3, -0.25) is 9.59 Å². The SMILES string of the molecule is Cc1cc(C)cc(NC(=O)CSc2cn(CCNC(=O)c3ccc(Cl)cc3)c3ccccc23)c1. The van der Waals surface area contributed by atoms with Crippen LogP contribution in [0.5, 0.6) is 0 Å². The van der Waals surface area contributed by atoms with Crippen molar-refractivity contribution in [2.75, 3.05) is 17.6 Å². The number of carbonyl (C=O) groups excluding carboxylic acids is 2. The van der Waals surface area contributed by atoms with Crippen molar-refractivity contribution in [1.29, 1.82) is 0 Å². The van der Waals surface area contributed by atoms with Crippen molar-refractivity contribution >= 4 is 51.8 Å². The fourth-order valence-corrected chi connectivity index (χ4v) is 4.91. The molecule has 4 rings (SSSR count). The highest BCUT2D eigenvalue weighted by atomic mass is 35.5. The Morgan fingerprint density at radius 3 is 2.41 bits per heavy atom. The lowest BCUT2D eigenvalue weighted by molar-refractivity contribution is -0.113. The zero-order valence-electron chi connectivity index (χ0n) is 19.1. The second-order valence-corrected chi connectivity index (χ2v) is 9.63. The molecule has 0 fully saturated rings. The molecule has 1 aromatic heterocycles. The molecule has 34 heavy (non-hydrogen) atoms. The van der Waals surface area contributed by atoms with Gasteiger partial charge in [0.15, 0.2) is 0 Å². The first-order valence-corrected chi connectivity index (χ1v) is 12.4. The quantitative estimate of drug-likeness (QED) is 0.294. The second kappa shape index (κ2) is 10.8. The number of hydrogen-bond donors (Lipinski definition) is 2. The third kappa shape index (κ3) is 6.01. The minimum absolute atomic E-state index is 0.0398. The maximum atomic E-state index is 12.6. The minimum Gasteiger partial charge on any atom is -0.350 e. The van der Waals surface area contributed by atoms with Gasteiger partial charge in [-0.2, -0.15) is 0 Å². The van der Waals surface area contributed by atoms with Gasteiger partial charge in [-0.25, -0.2) is 0 Å². The van der Waals surface area contributed by atoms with Crippen LogP contribution in [-0.2, 0) is 11.3 Å². The maximum absolute atomic E-state index is 12.6. The summed E-state index contributed by atoms with van der Waals surface area (Å²) in [5, 5.41) is 7.64. The highest BCUT2D eigenvalue weighted by molar-refractivity contribution is 8.00. The molecule has 2 N–H and O–H groups in total. The summed E-state index contributed by atoms with van der Waals surface area (Å²) in [7, 11) is 0. The predicted octanol–water partition coefficient (Wildman–Crippen LogP) is 6.07. The Balaban J connectivity index is 1.38. The van der Waals surface area contributed by atoms with Crippen LogP contribution >= 0.6 is 23.4 Å². The molecule has 0 bridgehead atoms. The van der Waals surface area contributed by atoms with E-state index in [2.05, 4.69) is 33.4 Å². The Kier molecular flexibility index (Phi) is 7.60. The van der Waals surface area contributed by atoms with Gasteiger partial charge in [0, 0.05) is 51.4 Å². The largest absolute Gasteiger partial charge is 0.350 e. The van der Waals surface area contributed by atoms with E-state index in [1.54, 1.807) is 24.3 Å². The third-order valence-electron chi connectivity index (χ3n) is 5.36. The summed E-state index contributed by atoms with van der Waals surface area (Å²) in [6.45, 7) is 5.14. The molecule has 4 aromatic rings.